The van der Waals surface area contributed by atoms with Crippen LogP contribution in [-0.4, -0.2) is 10.9 Å². The zero-order chi connectivity index (χ0) is 15.7. The summed E-state index contributed by atoms with van der Waals surface area (Å²) >= 11 is 9.40. The molecule has 0 unspecified atom stereocenters. The Bertz CT molecular complexity index is 937. The summed E-state index contributed by atoms with van der Waals surface area (Å²) in [6, 6.07) is 13.6. The van der Waals surface area contributed by atoms with Crippen molar-refractivity contribution in [2.75, 3.05) is 5.32 Å². The van der Waals surface area contributed by atoms with E-state index in [-0.39, 0.29) is 11.5 Å². The third kappa shape index (κ3) is 2.91. The second kappa shape index (κ2) is 5.94. The molecule has 0 fully saturated rings. The molecule has 0 spiro atoms. The van der Waals surface area contributed by atoms with Gasteiger partial charge in [0.25, 0.3) is 5.91 Å². The number of carbonyl (C=O) groups excluding carboxylic acids is 1. The maximum atomic E-state index is 12.5. The highest BCUT2D eigenvalue weighted by Gasteiger charge is 2.13. The Labute approximate surface area is 139 Å². The van der Waals surface area contributed by atoms with Crippen molar-refractivity contribution < 1.29 is 4.79 Å². The minimum absolute atomic E-state index is 0.304. The molecule has 1 heterocycles. The Hall–Kier alpha value is -2.11. The van der Waals surface area contributed by atoms with Gasteiger partial charge in [-0.05, 0) is 24.3 Å². The zero-order valence-corrected chi connectivity index (χ0v) is 13.5. The summed E-state index contributed by atoms with van der Waals surface area (Å²) in [7, 11) is 0. The number of halogens is 2. The maximum absolute atomic E-state index is 12.5. The molecule has 2 N–H and O–H groups in total. The number of aromatic amines is 1. The smallest absolute Gasteiger partial charge is 0.256 e. The number of rotatable bonds is 2. The number of fused-ring (bicyclic) bond motifs is 1. The SMILES string of the molecule is O=C(Nc1ccc(Br)cc1Cl)c1cc(=O)[nH]c2ccccc12. The van der Waals surface area contributed by atoms with Crippen LogP contribution in [0.4, 0.5) is 5.69 Å². The molecule has 0 aliphatic rings. The van der Waals surface area contributed by atoms with E-state index in [4.69, 9.17) is 11.6 Å². The first kappa shape index (κ1) is 14.8. The average Bonchev–Trinajstić information content (AvgIpc) is 2.49. The minimum Gasteiger partial charge on any atom is -0.322 e. The first-order chi connectivity index (χ1) is 10.5. The highest BCUT2D eigenvalue weighted by molar-refractivity contribution is 9.10. The van der Waals surface area contributed by atoms with Crippen molar-refractivity contribution in [2.45, 2.75) is 0 Å². The molecule has 6 heteroatoms. The summed E-state index contributed by atoms with van der Waals surface area (Å²) in [5, 5.41) is 3.82. The van der Waals surface area contributed by atoms with Crippen molar-refractivity contribution in [2.24, 2.45) is 0 Å². The van der Waals surface area contributed by atoms with Gasteiger partial charge in [-0.1, -0.05) is 45.7 Å². The van der Waals surface area contributed by atoms with Gasteiger partial charge in [0.15, 0.2) is 0 Å². The van der Waals surface area contributed by atoms with Gasteiger partial charge in [-0.3, -0.25) is 9.59 Å². The summed E-state index contributed by atoms with van der Waals surface area (Å²) in [5.41, 5.74) is 1.07. The van der Waals surface area contributed by atoms with Crippen LogP contribution in [0.15, 0.2) is 57.8 Å². The van der Waals surface area contributed by atoms with Gasteiger partial charge in [0, 0.05) is 21.4 Å². The Morgan fingerprint density at radius 1 is 1.14 bits per heavy atom. The molecule has 22 heavy (non-hydrogen) atoms. The molecule has 1 amide bonds. The van der Waals surface area contributed by atoms with Crippen molar-refractivity contribution in [3.8, 4) is 0 Å². The zero-order valence-electron chi connectivity index (χ0n) is 11.2. The van der Waals surface area contributed by atoms with Crippen molar-refractivity contribution in [3.05, 3.63) is 73.9 Å². The quantitative estimate of drug-likeness (QED) is 0.703. The van der Waals surface area contributed by atoms with Gasteiger partial charge < -0.3 is 10.3 Å². The van der Waals surface area contributed by atoms with Gasteiger partial charge in [0.2, 0.25) is 5.56 Å². The van der Waals surface area contributed by atoms with Crippen LogP contribution in [0.25, 0.3) is 10.9 Å². The van der Waals surface area contributed by atoms with Gasteiger partial charge in [-0.25, -0.2) is 0 Å². The van der Waals surface area contributed by atoms with Gasteiger partial charge >= 0.3 is 0 Å². The number of anilines is 1. The Morgan fingerprint density at radius 2 is 1.91 bits per heavy atom. The van der Waals surface area contributed by atoms with Crippen LogP contribution in [0.1, 0.15) is 10.4 Å². The number of pyridine rings is 1. The molecule has 4 nitrogen and oxygen atoms in total. The van der Waals surface area contributed by atoms with Crippen LogP contribution in [0.3, 0.4) is 0 Å². The first-order valence-corrected chi connectivity index (χ1v) is 7.60. The van der Waals surface area contributed by atoms with E-state index in [0.717, 1.165) is 4.47 Å². The second-order valence-electron chi connectivity index (χ2n) is 4.67. The minimum atomic E-state index is -0.383. The van der Waals surface area contributed by atoms with Crippen LogP contribution >= 0.6 is 27.5 Å². The Kier molecular flexibility index (Phi) is 4.00. The molecule has 2 aromatic carbocycles. The van der Waals surface area contributed by atoms with Gasteiger partial charge in [-0.15, -0.1) is 0 Å². The van der Waals surface area contributed by atoms with Crippen molar-refractivity contribution >= 4 is 50.0 Å². The number of nitrogens with one attached hydrogen (secondary N) is 2. The van der Waals surface area contributed by atoms with Crippen LogP contribution in [-0.2, 0) is 0 Å². The number of aromatic nitrogens is 1. The highest BCUT2D eigenvalue weighted by atomic mass is 79.9. The molecule has 3 aromatic rings. The Balaban J connectivity index is 2.04. The van der Waals surface area contributed by atoms with Crippen LogP contribution in [0, 0.1) is 0 Å². The summed E-state index contributed by atoms with van der Waals surface area (Å²) in [5.74, 6) is -0.383. The summed E-state index contributed by atoms with van der Waals surface area (Å²) in [6.07, 6.45) is 0. The van der Waals surface area contributed by atoms with Crippen molar-refractivity contribution in [3.63, 3.8) is 0 Å². The number of H-pyrrole nitrogens is 1. The molecule has 1 aromatic heterocycles. The lowest BCUT2D eigenvalue weighted by Crippen LogP contribution is -2.17. The molecule has 110 valence electrons. The fraction of sp³-hybridized carbons (Fsp3) is 0. The molecule has 0 radical (unpaired) electrons. The van der Waals surface area contributed by atoms with E-state index in [1.165, 1.54) is 6.07 Å². The number of carbonyl (C=O) groups is 1. The fourth-order valence-corrected chi connectivity index (χ4v) is 2.89. The van der Waals surface area contributed by atoms with Gasteiger partial charge in [-0.2, -0.15) is 0 Å². The fourth-order valence-electron chi connectivity index (χ4n) is 2.17. The predicted molar refractivity (Wildman–Crippen MR) is 91.7 cm³/mol. The van der Waals surface area contributed by atoms with E-state index in [1.54, 1.807) is 36.4 Å². The molecule has 0 aliphatic heterocycles. The van der Waals surface area contributed by atoms with E-state index in [1.807, 2.05) is 6.07 Å². The van der Waals surface area contributed by atoms with Gasteiger partial charge in [0.1, 0.15) is 0 Å². The van der Waals surface area contributed by atoms with Crippen LogP contribution in [0.5, 0.6) is 0 Å². The normalized spacial score (nSPS) is 10.6. The molecular formula is C16H10BrClN2O2. The monoisotopic (exact) mass is 376 g/mol. The van der Waals surface area contributed by atoms with E-state index in [9.17, 15) is 9.59 Å². The molecule has 0 atom stereocenters. The lowest BCUT2D eigenvalue weighted by molar-refractivity contribution is 0.102. The number of amides is 1. The average molecular weight is 378 g/mol. The van der Waals surface area contributed by atoms with Crippen molar-refractivity contribution in [1.29, 1.82) is 0 Å². The third-order valence-corrected chi connectivity index (χ3v) is 3.98. The van der Waals surface area contributed by atoms with Gasteiger partial charge in [0.05, 0.1) is 16.3 Å². The molecule has 0 bridgehead atoms. The summed E-state index contributed by atoms with van der Waals surface area (Å²) in [4.78, 5) is 26.9. The standard InChI is InChI=1S/C16H10BrClN2O2/c17-9-5-6-14(12(18)7-9)20-16(22)11-8-15(21)19-13-4-2-1-3-10(11)13/h1-8H,(H,19,21)(H,20,22). The molecular weight excluding hydrogens is 368 g/mol. The molecule has 0 saturated carbocycles. The number of benzene rings is 2. The third-order valence-electron chi connectivity index (χ3n) is 3.17. The highest BCUT2D eigenvalue weighted by Crippen LogP contribution is 2.26. The van der Waals surface area contributed by atoms with Crippen LogP contribution in [0.2, 0.25) is 5.02 Å². The largest absolute Gasteiger partial charge is 0.322 e. The number of hydrogen-bond donors (Lipinski definition) is 2. The number of hydrogen-bond acceptors (Lipinski definition) is 2. The van der Waals surface area contributed by atoms with Crippen molar-refractivity contribution in [1.82, 2.24) is 4.98 Å². The maximum Gasteiger partial charge on any atom is 0.256 e. The van der Waals surface area contributed by atoms with Crippen LogP contribution < -0.4 is 10.9 Å². The van der Waals surface area contributed by atoms with E-state index >= 15 is 0 Å². The summed E-state index contributed by atoms with van der Waals surface area (Å²) in [6.45, 7) is 0. The summed E-state index contributed by atoms with van der Waals surface area (Å²) < 4.78 is 0.817. The lowest BCUT2D eigenvalue weighted by Gasteiger charge is -2.09. The van der Waals surface area contributed by atoms with E-state index < -0.39 is 0 Å². The lowest BCUT2D eigenvalue weighted by atomic mass is 10.1. The molecule has 0 aliphatic carbocycles. The number of para-hydroxylation sites is 1. The topological polar surface area (TPSA) is 62.0 Å². The predicted octanol–water partition coefficient (Wildman–Crippen LogP) is 4.20. The second-order valence-corrected chi connectivity index (χ2v) is 5.99. The molecule has 3 rings (SSSR count). The van der Waals surface area contributed by atoms with E-state index in [2.05, 4.69) is 26.2 Å². The first-order valence-electron chi connectivity index (χ1n) is 6.43. The Morgan fingerprint density at radius 3 is 2.68 bits per heavy atom. The molecule has 0 saturated heterocycles. The van der Waals surface area contributed by atoms with E-state index in [0.29, 0.717) is 27.2 Å².